The minimum Gasteiger partial charge on any atom is -0.486 e. The van der Waals surface area contributed by atoms with Crippen molar-refractivity contribution < 1.29 is 23.4 Å². The molecule has 0 spiro atoms. The quantitative estimate of drug-likeness (QED) is 0.622. The fourth-order valence-electron chi connectivity index (χ4n) is 3.09. The highest BCUT2D eigenvalue weighted by atomic mass is 16.6. The third-order valence-electron chi connectivity index (χ3n) is 4.53. The van der Waals surface area contributed by atoms with Crippen LogP contribution < -0.4 is 19.5 Å². The topological polar surface area (TPSA) is 69.9 Å². The van der Waals surface area contributed by atoms with E-state index in [9.17, 15) is 4.79 Å². The van der Waals surface area contributed by atoms with Crippen molar-refractivity contribution in [2.45, 2.75) is 26.4 Å². The molecule has 1 aliphatic rings. The summed E-state index contributed by atoms with van der Waals surface area (Å²) in [7, 11) is 0. The zero-order valence-corrected chi connectivity index (χ0v) is 16.3. The summed E-state index contributed by atoms with van der Waals surface area (Å²) >= 11 is 0. The Hall–Kier alpha value is -3.41. The zero-order valence-electron chi connectivity index (χ0n) is 16.3. The maximum absolute atomic E-state index is 12.5. The molecule has 4 rings (SSSR count). The molecule has 2 aromatic carbocycles. The first-order valence-electron chi connectivity index (χ1n) is 9.73. The summed E-state index contributed by atoms with van der Waals surface area (Å²) in [6.07, 6.45) is 2.17. The van der Waals surface area contributed by atoms with E-state index in [1.165, 1.54) is 5.56 Å². The Kier molecular flexibility index (Phi) is 5.70. The Labute approximate surface area is 169 Å². The number of hydrogen-bond acceptors (Lipinski definition) is 5. The second-order valence-electron chi connectivity index (χ2n) is 6.76. The molecule has 0 atom stereocenters. The third-order valence-corrected chi connectivity index (χ3v) is 4.53. The summed E-state index contributed by atoms with van der Waals surface area (Å²) in [4.78, 5) is 12.5. The van der Waals surface area contributed by atoms with Gasteiger partial charge in [-0.1, -0.05) is 25.5 Å². The van der Waals surface area contributed by atoms with Crippen molar-refractivity contribution >= 4 is 11.6 Å². The van der Waals surface area contributed by atoms with Gasteiger partial charge in [0.05, 0.1) is 0 Å². The molecular weight excluding hydrogens is 370 g/mol. The molecule has 1 aromatic heterocycles. The minimum atomic E-state index is -0.336. The van der Waals surface area contributed by atoms with Crippen LogP contribution in [0.5, 0.6) is 17.2 Å². The maximum Gasteiger partial charge on any atom is 0.291 e. The number of rotatable bonds is 7. The van der Waals surface area contributed by atoms with Crippen molar-refractivity contribution in [3.63, 3.8) is 0 Å². The molecule has 0 radical (unpaired) electrons. The molecule has 1 N–H and O–H groups in total. The summed E-state index contributed by atoms with van der Waals surface area (Å²) in [5, 5.41) is 2.80. The fourth-order valence-corrected chi connectivity index (χ4v) is 3.09. The van der Waals surface area contributed by atoms with E-state index in [-0.39, 0.29) is 18.3 Å². The van der Waals surface area contributed by atoms with E-state index < -0.39 is 0 Å². The van der Waals surface area contributed by atoms with Crippen LogP contribution in [0.15, 0.2) is 59.0 Å². The number of amides is 1. The van der Waals surface area contributed by atoms with E-state index >= 15 is 0 Å². The molecule has 29 heavy (non-hydrogen) atoms. The standard InChI is InChI=1S/C23H23NO5/c1-2-3-16-4-7-18(8-5-16)28-15-19-9-11-21(29-19)23(25)24-17-6-10-20-22(14-17)27-13-12-26-20/h4-11,14H,2-3,12-13,15H2,1H3,(H,24,25). The molecule has 0 unspecified atom stereocenters. The molecule has 150 valence electrons. The zero-order chi connectivity index (χ0) is 20.1. The summed E-state index contributed by atoms with van der Waals surface area (Å²) in [6, 6.07) is 16.7. The lowest BCUT2D eigenvalue weighted by molar-refractivity contribution is 0.0992. The number of anilines is 1. The lowest BCUT2D eigenvalue weighted by Crippen LogP contribution is -2.16. The van der Waals surface area contributed by atoms with Crippen molar-refractivity contribution in [3.8, 4) is 17.2 Å². The van der Waals surface area contributed by atoms with Gasteiger partial charge in [-0.15, -0.1) is 0 Å². The second kappa shape index (κ2) is 8.73. The average Bonchev–Trinajstić information content (AvgIpc) is 3.23. The van der Waals surface area contributed by atoms with Gasteiger partial charge in [0.15, 0.2) is 17.3 Å². The summed E-state index contributed by atoms with van der Waals surface area (Å²) in [6.45, 7) is 3.43. The Balaban J connectivity index is 1.34. The van der Waals surface area contributed by atoms with Crippen molar-refractivity contribution in [1.29, 1.82) is 0 Å². The van der Waals surface area contributed by atoms with E-state index in [0.29, 0.717) is 36.2 Å². The Morgan fingerprint density at radius 3 is 2.59 bits per heavy atom. The molecule has 0 saturated carbocycles. The molecule has 1 aliphatic heterocycles. The van der Waals surface area contributed by atoms with Crippen LogP contribution in [0, 0.1) is 0 Å². The van der Waals surface area contributed by atoms with E-state index in [1.807, 2.05) is 12.1 Å². The molecular formula is C23H23NO5. The summed E-state index contributed by atoms with van der Waals surface area (Å²) in [5.41, 5.74) is 1.90. The van der Waals surface area contributed by atoms with Crippen molar-refractivity contribution in [2.75, 3.05) is 18.5 Å². The summed E-state index contributed by atoms with van der Waals surface area (Å²) < 4.78 is 22.4. The lowest BCUT2D eigenvalue weighted by atomic mass is 10.1. The molecule has 0 fully saturated rings. The first-order chi connectivity index (χ1) is 14.2. The Morgan fingerprint density at radius 2 is 1.79 bits per heavy atom. The second-order valence-corrected chi connectivity index (χ2v) is 6.76. The van der Waals surface area contributed by atoms with Gasteiger partial charge in [0.1, 0.15) is 31.3 Å². The van der Waals surface area contributed by atoms with Crippen LogP contribution >= 0.6 is 0 Å². The maximum atomic E-state index is 12.5. The highest BCUT2D eigenvalue weighted by molar-refractivity contribution is 6.02. The normalized spacial score (nSPS) is 12.4. The molecule has 0 saturated heterocycles. The average molecular weight is 393 g/mol. The third kappa shape index (κ3) is 4.71. The number of fused-ring (bicyclic) bond motifs is 1. The lowest BCUT2D eigenvalue weighted by Gasteiger charge is -2.18. The van der Waals surface area contributed by atoms with E-state index in [0.717, 1.165) is 18.6 Å². The van der Waals surface area contributed by atoms with E-state index in [1.54, 1.807) is 30.3 Å². The first kappa shape index (κ1) is 18.9. The van der Waals surface area contributed by atoms with Crippen LogP contribution in [0.3, 0.4) is 0 Å². The summed E-state index contributed by atoms with van der Waals surface area (Å²) in [5.74, 6) is 2.52. The Morgan fingerprint density at radius 1 is 1.00 bits per heavy atom. The molecule has 2 heterocycles. The van der Waals surface area contributed by atoms with Crippen molar-refractivity contribution in [3.05, 3.63) is 71.7 Å². The van der Waals surface area contributed by atoms with Gasteiger partial charge in [0.2, 0.25) is 0 Å². The van der Waals surface area contributed by atoms with Crippen LogP contribution in [0.2, 0.25) is 0 Å². The molecule has 3 aromatic rings. The number of furan rings is 1. The number of benzene rings is 2. The van der Waals surface area contributed by atoms with Gasteiger partial charge in [-0.2, -0.15) is 0 Å². The highest BCUT2D eigenvalue weighted by Crippen LogP contribution is 2.32. The van der Waals surface area contributed by atoms with Crippen LogP contribution in [-0.2, 0) is 13.0 Å². The van der Waals surface area contributed by atoms with Gasteiger partial charge in [-0.3, -0.25) is 4.79 Å². The number of carbonyl (C=O) groups is 1. The van der Waals surface area contributed by atoms with Gasteiger partial charge in [0.25, 0.3) is 5.91 Å². The van der Waals surface area contributed by atoms with Crippen LogP contribution in [0.1, 0.15) is 35.2 Å². The predicted molar refractivity (Wildman–Crippen MR) is 109 cm³/mol. The number of aryl methyl sites for hydroxylation is 1. The van der Waals surface area contributed by atoms with Crippen molar-refractivity contribution in [1.82, 2.24) is 0 Å². The van der Waals surface area contributed by atoms with Crippen LogP contribution in [0.4, 0.5) is 5.69 Å². The number of hydrogen-bond donors (Lipinski definition) is 1. The number of nitrogens with one attached hydrogen (secondary N) is 1. The molecule has 1 amide bonds. The molecule has 6 nitrogen and oxygen atoms in total. The van der Waals surface area contributed by atoms with Gasteiger partial charge in [0, 0.05) is 11.8 Å². The van der Waals surface area contributed by atoms with Gasteiger partial charge < -0.3 is 23.9 Å². The predicted octanol–water partition coefficient (Wildman–Crippen LogP) is 4.83. The van der Waals surface area contributed by atoms with Crippen LogP contribution in [-0.4, -0.2) is 19.1 Å². The van der Waals surface area contributed by atoms with Gasteiger partial charge in [-0.05, 0) is 48.4 Å². The van der Waals surface area contributed by atoms with E-state index in [4.69, 9.17) is 18.6 Å². The van der Waals surface area contributed by atoms with Gasteiger partial charge >= 0.3 is 0 Å². The minimum absolute atomic E-state index is 0.219. The fraction of sp³-hybridized carbons (Fsp3) is 0.261. The first-order valence-corrected chi connectivity index (χ1v) is 9.73. The largest absolute Gasteiger partial charge is 0.486 e. The molecule has 0 bridgehead atoms. The highest BCUT2D eigenvalue weighted by Gasteiger charge is 2.15. The smallest absolute Gasteiger partial charge is 0.291 e. The SMILES string of the molecule is CCCc1ccc(OCc2ccc(C(=O)Nc3ccc4c(c3)OCCO4)o2)cc1. The molecule has 6 heteroatoms. The molecule has 0 aliphatic carbocycles. The van der Waals surface area contributed by atoms with Crippen LogP contribution in [0.25, 0.3) is 0 Å². The van der Waals surface area contributed by atoms with Crippen molar-refractivity contribution in [2.24, 2.45) is 0 Å². The number of carbonyl (C=O) groups excluding carboxylic acids is 1. The Bertz CT molecular complexity index is 977. The number of ether oxygens (including phenoxy) is 3. The van der Waals surface area contributed by atoms with E-state index in [2.05, 4.69) is 24.4 Å². The monoisotopic (exact) mass is 393 g/mol. The van der Waals surface area contributed by atoms with Gasteiger partial charge in [-0.25, -0.2) is 0 Å².